The Kier molecular flexibility index (Phi) is 35.9. The topological polar surface area (TPSA) is 482 Å². The van der Waals surface area contributed by atoms with E-state index in [0.717, 1.165) is 26.6 Å². The van der Waals surface area contributed by atoms with E-state index in [2.05, 4.69) is 68.1 Å². The van der Waals surface area contributed by atoms with E-state index in [4.69, 9.17) is 60.6 Å². The third-order valence-corrected chi connectivity index (χ3v) is 19.7. The second kappa shape index (κ2) is 46.9. The molecule has 0 aliphatic carbocycles. The number of halogens is 1. The summed E-state index contributed by atoms with van der Waals surface area (Å²) < 4.78 is 46.7. The lowest BCUT2D eigenvalue weighted by atomic mass is 9.99. The number of ether oxygens (including phenoxy) is 7. The molecule has 0 spiro atoms. The highest BCUT2D eigenvalue weighted by Gasteiger charge is 2.35. The number of amides is 10. The van der Waals surface area contributed by atoms with Gasteiger partial charge in [-0.25, -0.2) is 15.0 Å². The fraction of sp³-hybridized carbons (Fsp3) is 0.425. The zero-order valence-electron chi connectivity index (χ0n) is 68.7. The highest BCUT2D eigenvalue weighted by Crippen LogP contribution is 2.40. The fourth-order valence-corrected chi connectivity index (χ4v) is 13.4. The van der Waals surface area contributed by atoms with Crippen molar-refractivity contribution in [3.05, 3.63) is 153 Å². The minimum Gasteiger partial charge on any atom is -0.491 e. The van der Waals surface area contributed by atoms with Crippen molar-refractivity contribution in [2.45, 2.75) is 71.8 Å². The van der Waals surface area contributed by atoms with Crippen molar-refractivity contribution in [2.24, 2.45) is 40.2 Å². The van der Waals surface area contributed by atoms with Gasteiger partial charge in [0.25, 0.3) is 29.5 Å². The molecule has 8 aromatic rings. The lowest BCUT2D eigenvalue weighted by Crippen LogP contribution is -2.41. The van der Waals surface area contributed by atoms with Gasteiger partial charge in [-0.1, -0.05) is 23.7 Å². The summed E-state index contributed by atoms with van der Waals surface area (Å²) in [7, 11) is 8.03. The van der Waals surface area contributed by atoms with Crippen LogP contribution in [-0.4, -0.2) is 239 Å². The van der Waals surface area contributed by atoms with Gasteiger partial charge < -0.3 is 109 Å². The van der Waals surface area contributed by atoms with Crippen molar-refractivity contribution in [3.63, 3.8) is 0 Å². The number of rotatable bonds is 49. The number of anilines is 6. The van der Waals surface area contributed by atoms with Crippen molar-refractivity contribution in [3.8, 4) is 5.75 Å². The van der Waals surface area contributed by atoms with Gasteiger partial charge in [0.05, 0.1) is 89.6 Å². The molecule has 0 radical (unpaired) electrons. The van der Waals surface area contributed by atoms with Crippen LogP contribution in [0, 0.1) is 24.7 Å². The summed E-state index contributed by atoms with van der Waals surface area (Å²) in [4.78, 5) is 149. The first-order valence-electron chi connectivity index (χ1n) is 39.0. The Labute approximate surface area is 707 Å². The fourth-order valence-electron chi connectivity index (χ4n) is 12.0. The molecule has 0 bridgehead atoms. The lowest BCUT2D eigenvalue weighted by Gasteiger charge is -2.24. The van der Waals surface area contributed by atoms with E-state index in [9.17, 15) is 47.9 Å². The van der Waals surface area contributed by atoms with Crippen LogP contribution in [0.5, 0.6) is 5.75 Å². The molecule has 6 aromatic heterocycles. The van der Waals surface area contributed by atoms with Gasteiger partial charge in [0.15, 0.2) is 17.5 Å². The maximum Gasteiger partial charge on any atom is 0.291 e. The quantitative estimate of drug-likeness (QED) is 0.0124. The van der Waals surface area contributed by atoms with Crippen LogP contribution >= 0.6 is 22.9 Å². The number of imidazole rings is 3. The number of amidine groups is 2. The summed E-state index contributed by atoms with van der Waals surface area (Å²) in [5.41, 5.74) is 4.87. The van der Waals surface area contributed by atoms with Crippen LogP contribution in [0.25, 0.3) is 0 Å². The van der Waals surface area contributed by atoms with E-state index in [-0.39, 0.29) is 134 Å². The Hall–Kier alpha value is -12.3. The van der Waals surface area contributed by atoms with Crippen LogP contribution in [0.3, 0.4) is 0 Å². The number of nitrogens with zero attached hydrogens (tertiary/aromatic N) is 10. The number of carbonyl (C=O) groups is 10. The van der Waals surface area contributed by atoms with E-state index < -0.39 is 47.4 Å². The van der Waals surface area contributed by atoms with Gasteiger partial charge in [-0.15, -0.1) is 11.3 Å². The molecule has 121 heavy (non-hydrogen) atoms. The average Bonchev–Trinajstić information content (AvgIpc) is 1.60. The van der Waals surface area contributed by atoms with Crippen molar-refractivity contribution in [2.75, 3.05) is 150 Å². The van der Waals surface area contributed by atoms with Crippen LogP contribution in [0.15, 0.2) is 103 Å². The van der Waals surface area contributed by atoms with E-state index in [1.165, 1.54) is 66.5 Å². The molecule has 1 aliphatic rings. The number of aryl methyl sites for hydroxylation is 6. The number of aromatic nitrogens is 8. The second-order valence-corrected chi connectivity index (χ2v) is 29.3. The largest absolute Gasteiger partial charge is 0.491 e. The highest BCUT2D eigenvalue weighted by atomic mass is 35.5. The molecule has 1 aliphatic heterocycles. The molecular weight excluding hydrogens is 1610 g/mol. The normalized spacial score (nSPS) is 12.4. The molecule has 1 atom stereocenters. The van der Waals surface area contributed by atoms with Gasteiger partial charge in [-0.2, -0.15) is 0 Å². The van der Waals surface area contributed by atoms with Crippen molar-refractivity contribution >= 4 is 133 Å². The molecule has 39 nitrogen and oxygen atoms in total. The molecule has 0 unspecified atom stereocenters. The number of nitrogens with one attached hydrogen (secondary N) is 12. The summed E-state index contributed by atoms with van der Waals surface area (Å²) in [6.07, 6.45) is 10.0. The van der Waals surface area contributed by atoms with Crippen LogP contribution in [0.2, 0.25) is 5.02 Å². The Bertz CT molecular complexity index is 4970. The maximum atomic E-state index is 13.5. The minimum absolute atomic E-state index is 0.00237. The number of benzene rings is 2. The van der Waals surface area contributed by atoms with Crippen LogP contribution < -0.4 is 62.8 Å². The smallest absolute Gasteiger partial charge is 0.291 e. The van der Waals surface area contributed by atoms with E-state index >= 15 is 0 Å². The van der Waals surface area contributed by atoms with E-state index in [0.29, 0.717) is 133 Å². The number of fused-ring (bicyclic) bond motifs is 1. The number of hydrogen-bond donors (Lipinski definition) is 12. The van der Waals surface area contributed by atoms with E-state index in [1.54, 1.807) is 100 Å². The minimum atomic E-state index is -0.863. The molecule has 0 saturated heterocycles. The number of hydrogen-bond acceptors (Lipinski definition) is 24. The molecule has 648 valence electrons. The molecule has 10 amide bonds. The van der Waals surface area contributed by atoms with Gasteiger partial charge >= 0.3 is 0 Å². The van der Waals surface area contributed by atoms with E-state index in [1.807, 2.05) is 26.0 Å². The summed E-state index contributed by atoms with van der Waals surface area (Å²) in [6.45, 7) is 11.0. The van der Waals surface area contributed by atoms with Crippen LogP contribution in [-0.2, 0) is 87.6 Å². The van der Waals surface area contributed by atoms with Crippen molar-refractivity contribution < 1.29 is 81.1 Å². The zero-order chi connectivity index (χ0) is 86.9. The third kappa shape index (κ3) is 28.7. The Morgan fingerprint density at radius 3 is 1.46 bits per heavy atom. The van der Waals surface area contributed by atoms with Crippen LogP contribution in [0.1, 0.15) is 126 Å². The molecule has 7 heterocycles. The summed E-state index contributed by atoms with van der Waals surface area (Å²) in [5.74, 6) is -3.35. The summed E-state index contributed by atoms with van der Waals surface area (Å²) >= 11 is 7.72. The molecule has 0 saturated carbocycles. The van der Waals surface area contributed by atoms with Crippen LogP contribution in [0.4, 0.5) is 33.7 Å². The van der Waals surface area contributed by atoms with Gasteiger partial charge in [0, 0.05) is 171 Å². The monoisotopic (exact) mass is 1710 g/mol. The van der Waals surface area contributed by atoms with Crippen molar-refractivity contribution in [1.82, 2.24) is 64.4 Å². The number of thiophene rings is 1. The average molecular weight is 1710 g/mol. The first-order chi connectivity index (χ1) is 58.2. The lowest BCUT2D eigenvalue weighted by molar-refractivity contribution is -0.122. The van der Waals surface area contributed by atoms with Gasteiger partial charge in [-0.3, -0.25) is 68.7 Å². The number of aliphatic imine (C=N–C) groups is 1. The van der Waals surface area contributed by atoms with Crippen molar-refractivity contribution in [1.29, 1.82) is 10.8 Å². The first kappa shape index (κ1) is 92.6. The maximum absolute atomic E-state index is 13.5. The predicted octanol–water partition coefficient (Wildman–Crippen LogP) is 5.65. The standard InChI is InChI=1S/C80H103ClN22O17S/c1-50-51(2)121-80-69(50)70(53-11-13-54(81)14-12-53)93-59(71(83)103(80)52(3)82)45-68(108)90-55-15-17-58(18-16-55)120-42-41-119-40-39-118-38-37-117-36-35-116-34-33-115-32-22-65(105)85-24-10-31-114-30-9-23-84-64(104)19-25-89-77(111)73-96-62(48-101(73)7)94-66(106)20-26-88-76(110)61-44-57(47-100(61)6)92-79(113)74-97-63(49-102(74)8)95-67(107)21-27-87-75(109)60-43-56(46-99(60)5)91-78(112)72-86-28-29-98(72)4/h11-18,28-29,43-44,46-49,59,82-83H,9-10,19-27,30-42,45H2,1-8H3,(H,84,104)(H,85,105)(H,87,109)(H,88,110)(H,89,111)(H,90,108)(H,91,112)(H,92,113)(H,94,106)(H,95,107)/t59-/m0/s1. The van der Waals surface area contributed by atoms with Gasteiger partial charge in [0.2, 0.25) is 41.2 Å². The highest BCUT2D eigenvalue weighted by molar-refractivity contribution is 7.17. The first-order valence-corrected chi connectivity index (χ1v) is 40.2. The Balaban J connectivity index is 0.510. The molecule has 9 rings (SSSR count). The third-order valence-electron chi connectivity index (χ3n) is 18.3. The summed E-state index contributed by atoms with van der Waals surface area (Å²) in [5, 5.41) is 46.2. The molecule has 41 heteroatoms. The molecule has 0 fully saturated rings. The van der Waals surface area contributed by atoms with Gasteiger partial charge in [0.1, 0.15) is 46.5 Å². The Morgan fingerprint density at radius 1 is 0.479 bits per heavy atom. The molecule has 12 N–H and O–H groups in total. The number of carbonyl (C=O) groups excluding carboxylic acids is 10. The van der Waals surface area contributed by atoms with Gasteiger partial charge in [-0.05, 0) is 87.7 Å². The predicted molar refractivity (Wildman–Crippen MR) is 453 cm³/mol. The Morgan fingerprint density at radius 2 is 0.950 bits per heavy atom. The second-order valence-electron chi connectivity index (χ2n) is 27.7. The molecular formula is C80H103ClN22O17S. The molecule has 2 aromatic carbocycles. The zero-order valence-corrected chi connectivity index (χ0v) is 70.3. The summed E-state index contributed by atoms with van der Waals surface area (Å²) in [6, 6.07) is 16.3. The SMILES string of the molecule is CC(=N)N1C(=N)[C@H](CC(=O)Nc2ccc(OCCOCCOCCOCCOCCOCCC(=O)NCCCOCCCNC(=O)CCNC(=O)c3nc(NC(=O)CCNC(=O)c4cc(NC(=O)c5nc(NC(=O)CCNC(=O)c6cc(NC(=O)c7nccn7C)cn6C)cn5C)cn4C)cn3C)cc2)N=C(c2ccc(Cl)cc2)c2c1sc(C)c2C.